The van der Waals surface area contributed by atoms with E-state index >= 15 is 0 Å². The highest BCUT2D eigenvalue weighted by molar-refractivity contribution is 6.28. The number of rotatable bonds is 4. The zero-order valence-corrected chi connectivity index (χ0v) is 13.4. The van der Waals surface area contributed by atoms with Gasteiger partial charge < -0.3 is 0 Å². The Hall–Kier alpha value is -3.47. The van der Waals surface area contributed by atoms with Crippen LogP contribution >= 0.6 is 0 Å². The van der Waals surface area contributed by atoms with Crippen molar-refractivity contribution in [3.63, 3.8) is 0 Å². The maximum Gasteiger partial charge on any atom is 0.331 e. The predicted octanol–water partition coefficient (Wildman–Crippen LogP) is 2.90. The quantitative estimate of drug-likeness (QED) is 0.691. The minimum atomic E-state index is -0.706. The number of benzene rings is 2. The first kappa shape index (κ1) is 16.4. The second-order valence-electron chi connectivity index (χ2n) is 5.49. The maximum atomic E-state index is 12.5. The fourth-order valence-corrected chi connectivity index (χ4v) is 2.44. The van der Waals surface area contributed by atoms with Crippen LogP contribution in [0, 0.1) is 0 Å². The Bertz CT molecular complexity index is 855. The van der Waals surface area contributed by atoms with Gasteiger partial charge in [-0.3, -0.25) is 19.8 Å². The third-order valence-corrected chi connectivity index (χ3v) is 3.72. The molecular weight excluding hydrogens is 316 g/mol. The minimum Gasteiger partial charge on any atom is -0.273 e. The lowest BCUT2D eigenvalue weighted by molar-refractivity contribution is -0.130. The van der Waals surface area contributed by atoms with Gasteiger partial charge in [-0.05, 0) is 17.2 Å². The zero-order valence-electron chi connectivity index (χ0n) is 13.4. The molecule has 1 fully saturated rings. The van der Waals surface area contributed by atoms with E-state index in [1.54, 1.807) is 12.2 Å². The number of imide groups is 2. The van der Waals surface area contributed by atoms with Crippen molar-refractivity contribution in [3.05, 3.63) is 89.5 Å². The molecule has 1 saturated heterocycles. The molecule has 3 rings (SSSR count). The molecule has 4 amide bonds. The third kappa shape index (κ3) is 3.90. The number of carbonyl (C=O) groups is 3. The van der Waals surface area contributed by atoms with Crippen LogP contribution in [-0.4, -0.2) is 22.7 Å². The number of carbonyl (C=O) groups excluding carboxylic acids is 3. The van der Waals surface area contributed by atoms with E-state index in [-0.39, 0.29) is 12.1 Å². The lowest BCUT2D eigenvalue weighted by Gasteiger charge is -2.26. The van der Waals surface area contributed by atoms with Crippen molar-refractivity contribution in [1.29, 1.82) is 0 Å². The van der Waals surface area contributed by atoms with Gasteiger partial charge in [0.2, 0.25) is 0 Å². The minimum absolute atomic E-state index is 0.0669. The Labute approximate surface area is 145 Å². The van der Waals surface area contributed by atoms with E-state index in [4.69, 9.17) is 0 Å². The summed E-state index contributed by atoms with van der Waals surface area (Å²) in [6.07, 6.45) is 4.83. The summed E-state index contributed by atoms with van der Waals surface area (Å²) in [5.41, 5.74) is 1.68. The molecular formula is C20H16N2O3. The Morgan fingerprint density at radius 1 is 0.880 bits per heavy atom. The first-order valence-electron chi connectivity index (χ1n) is 7.79. The molecule has 0 aliphatic carbocycles. The highest BCUT2D eigenvalue weighted by Gasteiger charge is 2.35. The first-order valence-corrected chi connectivity index (χ1v) is 7.79. The molecule has 5 nitrogen and oxygen atoms in total. The topological polar surface area (TPSA) is 66.5 Å². The van der Waals surface area contributed by atoms with Gasteiger partial charge >= 0.3 is 6.03 Å². The van der Waals surface area contributed by atoms with Gasteiger partial charge in [0.25, 0.3) is 11.8 Å². The highest BCUT2D eigenvalue weighted by atomic mass is 16.2. The molecule has 1 aliphatic rings. The van der Waals surface area contributed by atoms with Crippen LogP contribution in [0.5, 0.6) is 0 Å². The molecule has 0 spiro atoms. The molecule has 1 N–H and O–H groups in total. The number of hydrogen-bond acceptors (Lipinski definition) is 3. The zero-order chi connectivity index (χ0) is 17.6. The van der Waals surface area contributed by atoms with E-state index < -0.39 is 17.8 Å². The van der Waals surface area contributed by atoms with E-state index in [0.29, 0.717) is 0 Å². The predicted molar refractivity (Wildman–Crippen MR) is 94.1 cm³/mol. The van der Waals surface area contributed by atoms with E-state index in [9.17, 15) is 14.4 Å². The number of allylic oxidation sites excluding steroid dienone is 2. The van der Waals surface area contributed by atoms with Gasteiger partial charge in [0, 0.05) is 0 Å². The summed E-state index contributed by atoms with van der Waals surface area (Å²) in [6.45, 7) is 0.110. The molecule has 0 bridgehead atoms. The smallest absolute Gasteiger partial charge is 0.273 e. The Morgan fingerprint density at radius 3 is 2.20 bits per heavy atom. The lowest BCUT2D eigenvalue weighted by Crippen LogP contribution is -2.53. The summed E-state index contributed by atoms with van der Waals surface area (Å²) in [6, 6.07) is 17.9. The second kappa shape index (κ2) is 7.40. The molecule has 25 heavy (non-hydrogen) atoms. The number of amides is 4. The molecule has 2 aromatic carbocycles. The van der Waals surface area contributed by atoms with Crippen LogP contribution in [0.2, 0.25) is 0 Å². The van der Waals surface area contributed by atoms with Gasteiger partial charge in [-0.15, -0.1) is 0 Å². The summed E-state index contributed by atoms with van der Waals surface area (Å²) >= 11 is 0. The largest absolute Gasteiger partial charge is 0.331 e. The normalized spacial score (nSPS) is 16.6. The Kier molecular flexibility index (Phi) is 4.85. The average Bonchev–Trinajstić information content (AvgIpc) is 2.63. The van der Waals surface area contributed by atoms with E-state index in [2.05, 4.69) is 5.32 Å². The van der Waals surface area contributed by atoms with Crippen molar-refractivity contribution < 1.29 is 14.4 Å². The van der Waals surface area contributed by atoms with Gasteiger partial charge in [-0.2, -0.15) is 0 Å². The van der Waals surface area contributed by atoms with Crippen LogP contribution in [0.4, 0.5) is 4.79 Å². The van der Waals surface area contributed by atoms with E-state index in [1.807, 2.05) is 60.7 Å². The van der Waals surface area contributed by atoms with Crippen molar-refractivity contribution in [2.75, 3.05) is 0 Å². The summed E-state index contributed by atoms with van der Waals surface area (Å²) in [5, 5.41) is 2.20. The van der Waals surface area contributed by atoms with Crippen molar-refractivity contribution in [2.24, 2.45) is 0 Å². The number of nitrogens with zero attached hydrogens (tertiary/aromatic N) is 1. The number of nitrogens with one attached hydrogen (secondary N) is 1. The number of hydrogen-bond donors (Lipinski definition) is 1. The van der Waals surface area contributed by atoms with Crippen molar-refractivity contribution >= 4 is 23.9 Å². The fourth-order valence-electron chi connectivity index (χ4n) is 2.44. The summed E-state index contributed by atoms with van der Waals surface area (Å²) < 4.78 is 0. The fraction of sp³-hybridized carbons (Fsp3) is 0.0500. The van der Waals surface area contributed by atoms with Gasteiger partial charge in [-0.1, -0.05) is 72.8 Å². The first-order chi connectivity index (χ1) is 12.1. The van der Waals surface area contributed by atoms with Crippen LogP contribution in [0.25, 0.3) is 6.08 Å². The summed E-state index contributed by atoms with van der Waals surface area (Å²) in [4.78, 5) is 37.5. The SMILES string of the molecule is O=C1NC(=O)N(Cc2ccccc2)C(=O)/C1=C/C=C/c1ccccc1. The van der Waals surface area contributed by atoms with Gasteiger partial charge in [0.15, 0.2) is 0 Å². The van der Waals surface area contributed by atoms with E-state index in [1.165, 1.54) is 6.08 Å². The molecule has 2 aromatic rings. The van der Waals surface area contributed by atoms with Crippen LogP contribution < -0.4 is 5.32 Å². The van der Waals surface area contributed by atoms with Crippen molar-refractivity contribution in [1.82, 2.24) is 10.2 Å². The Morgan fingerprint density at radius 2 is 1.52 bits per heavy atom. The monoisotopic (exact) mass is 332 g/mol. The van der Waals surface area contributed by atoms with Gasteiger partial charge in [0.05, 0.1) is 6.54 Å². The summed E-state index contributed by atoms with van der Waals surface area (Å²) in [7, 11) is 0. The number of urea groups is 1. The molecule has 0 aromatic heterocycles. The standard InChI is InChI=1S/C20H16N2O3/c23-18-17(13-7-12-15-8-3-1-4-9-15)19(24)22(20(25)21-18)14-16-10-5-2-6-11-16/h1-13H,14H2,(H,21,23,25)/b12-7+,17-13+. The average molecular weight is 332 g/mol. The molecule has 124 valence electrons. The maximum absolute atomic E-state index is 12.5. The molecule has 0 radical (unpaired) electrons. The van der Waals surface area contributed by atoms with Crippen LogP contribution in [0.15, 0.2) is 78.4 Å². The lowest BCUT2D eigenvalue weighted by atomic mass is 10.1. The highest BCUT2D eigenvalue weighted by Crippen LogP contribution is 2.14. The van der Waals surface area contributed by atoms with Crippen molar-refractivity contribution in [3.8, 4) is 0 Å². The molecule has 0 atom stereocenters. The van der Waals surface area contributed by atoms with Gasteiger partial charge in [-0.25, -0.2) is 4.79 Å². The summed E-state index contributed by atoms with van der Waals surface area (Å²) in [5.74, 6) is -1.28. The Balaban J connectivity index is 1.80. The van der Waals surface area contributed by atoms with Gasteiger partial charge in [0.1, 0.15) is 5.57 Å². The van der Waals surface area contributed by atoms with Crippen LogP contribution in [0.1, 0.15) is 11.1 Å². The molecule has 0 saturated carbocycles. The molecule has 5 heteroatoms. The van der Waals surface area contributed by atoms with Crippen molar-refractivity contribution in [2.45, 2.75) is 6.54 Å². The number of barbiturate groups is 1. The second-order valence-corrected chi connectivity index (χ2v) is 5.49. The third-order valence-electron chi connectivity index (χ3n) is 3.72. The molecule has 0 unspecified atom stereocenters. The van der Waals surface area contributed by atoms with Crippen LogP contribution in [-0.2, 0) is 16.1 Å². The molecule has 1 heterocycles. The van der Waals surface area contributed by atoms with Crippen LogP contribution in [0.3, 0.4) is 0 Å². The van der Waals surface area contributed by atoms with E-state index in [0.717, 1.165) is 16.0 Å². The molecule has 1 aliphatic heterocycles.